The maximum absolute atomic E-state index is 11.4. The van der Waals surface area contributed by atoms with Crippen molar-refractivity contribution in [2.75, 3.05) is 6.54 Å². The molecule has 2 amide bonds. The van der Waals surface area contributed by atoms with Crippen LogP contribution in [0.5, 0.6) is 0 Å². The van der Waals surface area contributed by atoms with Crippen molar-refractivity contribution in [3.63, 3.8) is 0 Å². The second kappa shape index (κ2) is 4.35. The number of likely N-dealkylation sites (tertiary alicyclic amines) is 1. The van der Waals surface area contributed by atoms with E-state index in [0.717, 1.165) is 11.3 Å². The molecule has 0 spiro atoms. The lowest BCUT2D eigenvalue weighted by molar-refractivity contribution is -0.142. The zero-order chi connectivity index (χ0) is 10.7. The molecule has 0 aliphatic carbocycles. The lowest BCUT2D eigenvalue weighted by atomic mass is 10.1. The van der Waals surface area contributed by atoms with E-state index >= 15 is 0 Å². The van der Waals surface area contributed by atoms with Gasteiger partial charge in [-0.25, -0.2) is 0 Å². The van der Waals surface area contributed by atoms with E-state index in [4.69, 9.17) is 0 Å². The Bertz CT molecular complexity index is 273. The predicted octanol–water partition coefficient (Wildman–Crippen LogP) is 0.751. The average molecular weight is 197 g/mol. The zero-order valence-corrected chi connectivity index (χ0v) is 8.58. The lowest BCUT2D eigenvalue weighted by Crippen LogP contribution is -2.35. The molecule has 0 aromatic heterocycles. The summed E-state index contributed by atoms with van der Waals surface area (Å²) >= 11 is 0. The Labute approximate surface area is 83.3 Å². The molecule has 1 atom stereocenters. The molecular formula is C10H15NO3. The summed E-state index contributed by atoms with van der Waals surface area (Å²) in [5.74, 6) is -0.716. The first-order valence-corrected chi connectivity index (χ1v) is 4.92. The number of hydrogen-bond acceptors (Lipinski definition) is 3. The topological polar surface area (TPSA) is 54.5 Å². The molecule has 1 heterocycles. The Morgan fingerprint density at radius 2 is 2.14 bits per heavy atom. The predicted molar refractivity (Wildman–Crippen MR) is 50.4 cm³/mol. The van der Waals surface area contributed by atoms with Crippen LogP contribution in [0.1, 0.15) is 33.1 Å². The van der Waals surface area contributed by atoms with Crippen LogP contribution >= 0.6 is 0 Å². The number of imide groups is 1. The molecule has 14 heavy (non-hydrogen) atoms. The highest BCUT2D eigenvalue weighted by atomic mass is 16.2. The maximum atomic E-state index is 11.4. The van der Waals surface area contributed by atoms with E-state index in [2.05, 4.69) is 0 Å². The molecule has 78 valence electrons. The summed E-state index contributed by atoms with van der Waals surface area (Å²) < 4.78 is 0. The van der Waals surface area contributed by atoms with Crippen LogP contribution in [0, 0.1) is 5.92 Å². The minimum absolute atomic E-state index is 0.0319. The van der Waals surface area contributed by atoms with Gasteiger partial charge in [0.05, 0.1) is 6.54 Å². The minimum atomic E-state index is -0.253. The second-order valence-corrected chi connectivity index (χ2v) is 3.71. The smallest absolute Gasteiger partial charge is 0.232 e. The van der Waals surface area contributed by atoms with E-state index in [1.54, 1.807) is 6.92 Å². The number of nitrogens with zero attached hydrogens (tertiary/aromatic N) is 1. The summed E-state index contributed by atoms with van der Waals surface area (Å²) in [6.07, 6.45) is 1.44. The van der Waals surface area contributed by atoms with Crippen LogP contribution in [0.4, 0.5) is 0 Å². The summed E-state index contributed by atoms with van der Waals surface area (Å²) in [5.41, 5.74) is 0. The third-order valence-corrected chi connectivity index (χ3v) is 2.33. The second-order valence-electron chi connectivity index (χ2n) is 3.71. The number of hydrogen-bond donors (Lipinski definition) is 0. The summed E-state index contributed by atoms with van der Waals surface area (Å²) in [6, 6.07) is 0. The number of amides is 2. The van der Waals surface area contributed by atoms with Crippen molar-refractivity contribution in [1.82, 2.24) is 4.90 Å². The van der Waals surface area contributed by atoms with Crippen molar-refractivity contribution in [1.29, 1.82) is 0 Å². The molecule has 0 bridgehead atoms. The first-order chi connectivity index (χ1) is 6.56. The summed E-state index contributed by atoms with van der Waals surface area (Å²) in [5, 5.41) is 0. The molecule has 0 N–H and O–H groups in total. The molecule has 1 aliphatic rings. The van der Waals surface area contributed by atoms with Crippen molar-refractivity contribution >= 4 is 17.6 Å². The molecule has 1 saturated heterocycles. The number of carbonyl (C=O) groups is 3. The fraction of sp³-hybridized carbons (Fsp3) is 0.700. The van der Waals surface area contributed by atoms with Crippen molar-refractivity contribution < 1.29 is 14.4 Å². The zero-order valence-electron chi connectivity index (χ0n) is 8.58. The first kappa shape index (κ1) is 10.9. The molecule has 4 heteroatoms. The number of rotatable bonds is 4. The van der Waals surface area contributed by atoms with Gasteiger partial charge in [-0.05, 0) is 6.42 Å². The quantitative estimate of drug-likeness (QED) is 0.625. The fourth-order valence-corrected chi connectivity index (χ4v) is 1.55. The van der Waals surface area contributed by atoms with Crippen molar-refractivity contribution in [2.24, 2.45) is 5.92 Å². The van der Waals surface area contributed by atoms with Crippen molar-refractivity contribution in [3.8, 4) is 0 Å². The van der Waals surface area contributed by atoms with Crippen LogP contribution < -0.4 is 0 Å². The SMILES string of the molecule is CCCC(=O)CN1C(=O)CC(C)C1=O. The molecule has 0 aromatic carbocycles. The van der Waals surface area contributed by atoms with Gasteiger partial charge in [0.1, 0.15) is 0 Å². The van der Waals surface area contributed by atoms with E-state index in [-0.39, 0.29) is 36.5 Å². The van der Waals surface area contributed by atoms with Gasteiger partial charge in [-0.3, -0.25) is 19.3 Å². The Morgan fingerprint density at radius 1 is 1.50 bits per heavy atom. The van der Waals surface area contributed by atoms with Gasteiger partial charge in [0.15, 0.2) is 5.78 Å². The Balaban J connectivity index is 2.56. The molecule has 1 unspecified atom stereocenters. The van der Waals surface area contributed by atoms with E-state index in [0.29, 0.717) is 6.42 Å². The molecule has 1 fully saturated rings. The monoisotopic (exact) mass is 197 g/mol. The normalized spacial score (nSPS) is 21.9. The summed E-state index contributed by atoms with van der Waals surface area (Å²) in [7, 11) is 0. The molecule has 4 nitrogen and oxygen atoms in total. The highest BCUT2D eigenvalue weighted by Gasteiger charge is 2.36. The van der Waals surface area contributed by atoms with Gasteiger partial charge in [-0.1, -0.05) is 13.8 Å². The third-order valence-electron chi connectivity index (χ3n) is 2.33. The van der Waals surface area contributed by atoms with E-state index in [1.165, 1.54) is 0 Å². The van der Waals surface area contributed by atoms with Gasteiger partial charge in [0.25, 0.3) is 0 Å². The molecule has 0 radical (unpaired) electrons. The van der Waals surface area contributed by atoms with Crippen LogP contribution in [0.25, 0.3) is 0 Å². The maximum Gasteiger partial charge on any atom is 0.232 e. The van der Waals surface area contributed by atoms with Gasteiger partial charge in [0, 0.05) is 18.8 Å². The largest absolute Gasteiger partial charge is 0.298 e. The Hall–Kier alpha value is -1.19. The third kappa shape index (κ3) is 2.19. The van der Waals surface area contributed by atoms with Gasteiger partial charge < -0.3 is 0 Å². The van der Waals surface area contributed by atoms with Crippen LogP contribution in [-0.4, -0.2) is 29.0 Å². The fourth-order valence-electron chi connectivity index (χ4n) is 1.55. The standard InChI is InChI=1S/C10H15NO3/c1-3-4-8(12)6-11-9(13)5-7(2)10(11)14/h7H,3-6H2,1-2H3. The highest BCUT2D eigenvalue weighted by Crippen LogP contribution is 2.18. The molecule has 1 rings (SSSR count). The summed E-state index contributed by atoms with van der Waals surface area (Å²) in [6.45, 7) is 3.58. The first-order valence-electron chi connectivity index (χ1n) is 4.92. The van der Waals surface area contributed by atoms with Crippen molar-refractivity contribution in [3.05, 3.63) is 0 Å². The Kier molecular flexibility index (Phi) is 3.38. The Morgan fingerprint density at radius 3 is 2.57 bits per heavy atom. The highest BCUT2D eigenvalue weighted by molar-refractivity contribution is 6.05. The average Bonchev–Trinajstić information content (AvgIpc) is 2.33. The van der Waals surface area contributed by atoms with Crippen LogP contribution in [0.15, 0.2) is 0 Å². The molecule has 0 saturated carbocycles. The van der Waals surface area contributed by atoms with E-state index in [9.17, 15) is 14.4 Å². The minimum Gasteiger partial charge on any atom is -0.298 e. The van der Waals surface area contributed by atoms with E-state index < -0.39 is 0 Å². The van der Waals surface area contributed by atoms with Crippen LogP contribution in [-0.2, 0) is 14.4 Å². The molecule has 0 aromatic rings. The number of carbonyl (C=O) groups excluding carboxylic acids is 3. The van der Waals surface area contributed by atoms with Gasteiger partial charge >= 0.3 is 0 Å². The molecule has 1 aliphatic heterocycles. The molecular weight excluding hydrogens is 182 g/mol. The van der Waals surface area contributed by atoms with Gasteiger partial charge in [0.2, 0.25) is 11.8 Å². The van der Waals surface area contributed by atoms with Gasteiger partial charge in [-0.15, -0.1) is 0 Å². The van der Waals surface area contributed by atoms with Crippen LogP contribution in [0.2, 0.25) is 0 Å². The lowest BCUT2D eigenvalue weighted by Gasteiger charge is -2.12. The number of Topliss-reactive ketones (excluding diaryl/α,β-unsaturated/α-hetero) is 1. The summed E-state index contributed by atoms with van der Waals surface area (Å²) in [4.78, 5) is 35.0. The number of ketones is 1. The van der Waals surface area contributed by atoms with Crippen molar-refractivity contribution in [2.45, 2.75) is 33.1 Å². The van der Waals surface area contributed by atoms with E-state index in [1.807, 2.05) is 6.92 Å². The van der Waals surface area contributed by atoms with Crippen LogP contribution in [0.3, 0.4) is 0 Å². The van der Waals surface area contributed by atoms with Gasteiger partial charge in [-0.2, -0.15) is 0 Å².